The summed E-state index contributed by atoms with van der Waals surface area (Å²) in [5.74, 6) is -0.499. The minimum absolute atomic E-state index is 0.146. The van der Waals surface area contributed by atoms with Crippen molar-refractivity contribution < 1.29 is 23.0 Å². The topological polar surface area (TPSA) is 53.4 Å². The van der Waals surface area contributed by atoms with Gasteiger partial charge in [-0.15, -0.1) is 0 Å². The van der Waals surface area contributed by atoms with Crippen LogP contribution in [0.25, 0.3) is 0 Å². The number of hydrogen-bond acceptors (Lipinski definition) is 4. The fraction of sp³-hybridized carbons (Fsp3) is 0.154. The third-order valence-corrected chi connectivity index (χ3v) is 5.16. The quantitative estimate of drug-likeness (QED) is 0.330. The van der Waals surface area contributed by atoms with Crippen molar-refractivity contribution in [1.29, 1.82) is 0 Å². The number of hydrogen-bond donors (Lipinski definition) is 0. The molecule has 0 saturated heterocycles. The summed E-state index contributed by atoms with van der Waals surface area (Å²) in [4.78, 5) is 12.5. The molecular weight excluding hydrogens is 426 g/mol. The van der Waals surface area contributed by atoms with Crippen LogP contribution in [0.15, 0.2) is 79.0 Å². The van der Waals surface area contributed by atoms with Crippen molar-refractivity contribution >= 4 is 5.78 Å². The van der Waals surface area contributed by atoms with Crippen LogP contribution in [0.4, 0.5) is 8.78 Å². The smallest absolute Gasteiger partial charge is 0.187 e. The number of ether oxygens (including phenoxy) is 2. The minimum atomic E-state index is -0.745. The number of ketones is 1. The molecule has 33 heavy (non-hydrogen) atoms. The highest BCUT2D eigenvalue weighted by Crippen LogP contribution is 2.22. The van der Waals surface area contributed by atoms with Gasteiger partial charge >= 0.3 is 0 Å². The van der Waals surface area contributed by atoms with Gasteiger partial charge in [-0.05, 0) is 42.0 Å². The van der Waals surface area contributed by atoms with Gasteiger partial charge in [-0.2, -0.15) is 5.10 Å². The Morgan fingerprint density at radius 1 is 0.970 bits per heavy atom. The molecule has 3 aromatic carbocycles. The van der Waals surface area contributed by atoms with E-state index in [2.05, 4.69) is 5.10 Å². The number of nitrogens with zero attached hydrogens (tertiary/aromatic N) is 2. The van der Waals surface area contributed by atoms with Crippen molar-refractivity contribution in [2.45, 2.75) is 19.6 Å². The first-order valence-electron chi connectivity index (χ1n) is 10.4. The number of aromatic nitrogens is 2. The summed E-state index contributed by atoms with van der Waals surface area (Å²) in [6.45, 7) is 0.737. The molecule has 4 aromatic rings. The van der Waals surface area contributed by atoms with Crippen LogP contribution in [-0.2, 0) is 19.6 Å². The van der Waals surface area contributed by atoms with Gasteiger partial charge in [-0.25, -0.2) is 8.78 Å². The summed E-state index contributed by atoms with van der Waals surface area (Å²) < 4.78 is 40.6. The van der Waals surface area contributed by atoms with E-state index < -0.39 is 23.8 Å². The third kappa shape index (κ3) is 5.44. The van der Waals surface area contributed by atoms with Gasteiger partial charge in [0.2, 0.25) is 0 Å². The SMILES string of the molecule is COc1cccc(COc2ccccc2Cn2ccc(C(=O)Cc3c(F)cccc3F)n2)c1. The van der Waals surface area contributed by atoms with Crippen LogP contribution in [0.5, 0.6) is 11.5 Å². The monoisotopic (exact) mass is 448 g/mol. The molecule has 1 aromatic heterocycles. The van der Waals surface area contributed by atoms with Gasteiger partial charge in [0.05, 0.1) is 13.7 Å². The van der Waals surface area contributed by atoms with E-state index in [0.29, 0.717) is 18.9 Å². The number of rotatable bonds is 9. The average molecular weight is 448 g/mol. The van der Waals surface area contributed by atoms with Crippen LogP contribution >= 0.6 is 0 Å². The van der Waals surface area contributed by atoms with E-state index in [-0.39, 0.29) is 11.3 Å². The molecule has 0 aliphatic carbocycles. The molecule has 4 rings (SSSR count). The molecule has 0 radical (unpaired) electrons. The zero-order chi connectivity index (χ0) is 23.2. The van der Waals surface area contributed by atoms with Crippen LogP contribution in [0.2, 0.25) is 0 Å². The van der Waals surface area contributed by atoms with Gasteiger partial charge in [-0.3, -0.25) is 9.48 Å². The Kier molecular flexibility index (Phi) is 6.78. The lowest BCUT2D eigenvalue weighted by Gasteiger charge is -2.12. The van der Waals surface area contributed by atoms with Crippen molar-refractivity contribution in [3.8, 4) is 11.5 Å². The Balaban J connectivity index is 1.44. The number of carbonyl (C=O) groups is 1. The highest BCUT2D eigenvalue weighted by molar-refractivity contribution is 5.95. The molecule has 1 heterocycles. The first kappa shape index (κ1) is 22.2. The van der Waals surface area contributed by atoms with Crippen LogP contribution in [0.3, 0.4) is 0 Å². The second-order valence-electron chi connectivity index (χ2n) is 7.45. The first-order chi connectivity index (χ1) is 16.0. The number of methoxy groups -OCH3 is 1. The lowest BCUT2D eigenvalue weighted by atomic mass is 10.1. The second-order valence-corrected chi connectivity index (χ2v) is 7.45. The zero-order valence-corrected chi connectivity index (χ0v) is 18.0. The van der Waals surface area contributed by atoms with Crippen LogP contribution in [0, 0.1) is 11.6 Å². The molecule has 0 bridgehead atoms. The van der Waals surface area contributed by atoms with Crippen LogP contribution < -0.4 is 9.47 Å². The van der Waals surface area contributed by atoms with Gasteiger partial charge in [0.1, 0.15) is 35.4 Å². The Morgan fingerprint density at radius 3 is 2.52 bits per heavy atom. The fourth-order valence-corrected chi connectivity index (χ4v) is 3.42. The summed E-state index contributed by atoms with van der Waals surface area (Å²) in [7, 11) is 1.62. The number of halogens is 2. The predicted molar refractivity (Wildman–Crippen MR) is 119 cm³/mol. The molecule has 0 unspecified atom stereocenters. The largest absolute Gasteiger partial charge is 0.497 e. The molecule has 5 nitrogen and oxygen atoms in total. The predicted octanol–water partition coefficient (Wildman–Crippen LogP) is 5.22. The summed E-state index contributed by atoms with van der Waals surface area (Å²) in [6.07, 6.45) is 1.26. The first-order valence-corrected chi connectivity index (χ1v) is 10.4. The Bertz CT molecular complexity index is 1250. The second kappa shape index (κ2) is 10.1. The van der Waals surface area contributed by atoms with Crippen LogP contribution in [0.1, 0.15) is 27.2 Å². The number of carbonyl (C=O) groups excluding carboxylic acids is 1. The van der Waals surface area contributed by atoms with E-state index in [1.165, 1.54) is 6.07 Å². The van der Waals surface area contributed by atoms with E-state index in [1.807, 2.05) is 48.5 Å². The number of benzene rings is 3. The van der Waals surface area contributed by atoms with Crippen LogP contribution in [-0.4, -0.2) is 22.7 Å². The molecule has 0 spiro atoms. The lowest BCUT2D eigenvalue weighted by molar-refractivity contribution is 0.0985. The fourth-order valence-electron chi connectivity index (χ4n) is 3.42. The summed E-state index contributed by atoms with van der Waals surface area (Å²) in [5.41, 5.74) is 1.74. The maximum atomic E-state index is 13.9. The van der Waals surface area contributed by atoms with Crippen molar-refractivity contribution in [2.75, 3.05) is 7.11 Å². The summed E-state index contributed by atoms with van der Waals surface area (Å²) in [6, 6.07) is 20.3. The molecule has 0 saturated carbocycles. The molecule has 0 amide bonds. The third-order valence-electron chi connectivity index (χ3n) is 5.16. The molecule has 0 aliphatic rings. The summed E-state index contributed by atoms with van der Waals surface area (Å²) in [5, 5.41) is 4.29. The molecule has 0 aliphatic heterocycles. The Labute approximate surface area is 190 Å². The van der Waals surface area contributed by atoms with Crippen molar-refractivity contribution in [1.82, 2.24) is 9.78 Å². The van der Waals surface area contributed by atoms with E-state index in [1.54, 1.807) is 24.1 Å². The van der Waals surface area contributed by atoms with E-state index >= 15 is 0 Å². The average Bonchev–Trinajstić information content (AvgIpc) is 3.30. The van der Waals surface area contributed by atoms with Crippen molar-refractivity contribution in [3.63, 3.8) is 0 Å². The standard InChI is InChI=1S/C26H22F2N2O3/c1-32-20-8-4-6-18(14-20)17-33-26-11-3-2-7-19(26)16-30-13-12-24(29-30)25(31)15-21-22(27)9-5-10-23(21)28/h2-14H,15-17H2,1H3. The van der Waals surface area contributed by atoms with Crippen molar-refractivity contribution in [2.24, 2.45) is 0 Å². The molecule has 0 fully saturated rings. The molecule has 0 N–H and O–H groups in total. The van der Waals surface area contributed by atoms with Gasteiger partial charge in [0.15, 0.2) is 5.78 Å². The van der Waals surface area contributed by atoms with Gasteiger partial charge < -0.3 is 9.47 Å². The van der Waals surface area contributed by atoms with Gasteiger partial charge in [-0.1, -0.05) is 36.4 Å². The number of Topliss-reactive ketones (excluding diaryl/α,β-unsaturated/α-hetero) is 1. The van der Waals surface area contributed by atoms with Gasteiger partial charge in [0.25, 0.3) is 0 Å². The van der Waals surface area contributed by atoms with Gasteiger partial charge in [0, 0.05) is 23.7 Å². The van der Waals surface area contributed by atoms with Crippen molar-refractivity contribution in [3.05, 3.63) is 113 Å². The normalized spacial score (nSPS) is 10.8. The Morgan fingerprint density at radius 2 is 1.73 bits per heavy atom. The highest BCUT2D eigenvalue weighted by atomic mass is 19.1. The molecule has 168 valence electrons. The van der Waals surface area contributed by atoms with E-state index in [9.17, 15) is 13.6 Å². The zero-order valence-electron chi connectivity index (χ0n) is 18.0. The molecule has 7 heteroatoms. The maximum Gasteiger partial charge on any atom is 0.187 e. The lowest BCUT2D eigenvalue weighted by Crippen LogP contribution is -2.10. The van der Waals surface area contributed by atoms with E-state index in [4.69, 9.17) is 9.47 Å². The minimum Gasteiger partial charge on any atom is -0.497 e. The number of para-hydroxylation sites is 1. The summed E-state index contributed by atoms with van der Waals surface area (Å²) >= 11 is 0. The maximum absolute atomic E-state index is 13.9. The highest BCUT2D eigenvalue weighted by Gasteiger charge is 2.17. The molecular formula is C26H22F2N2O3. The molecule has 0 atom stereocenters. The van der Waals surface area contributed by atoms with E-state index in [0.717, 1.165) is 29.0 Å². The Hall–Kier alpha value is -4.00.